The molecule has 3 rings (SSSR count). The molecular formula is C21H24ClF3N2O4S. The van der Waals surface area contributed by atoms with Gasteiger partial charge in [0, 0.05) is 32.7 Å². The predicted molar refractivity (Wildman–Crippen MR) is 114 cm³/mol. The van der Waals surface area contributed by atoms with Crippen molar-refractivity contribution < 1.29 is 31.4 Å². The maximum atomic E-state index is 13.1. The number of alkyl halides is 3. The summed E-state index contributed by atoms with van der Waals surface area (Å²) in [7, 11) is -4.10. The zero-order valence-corrected chi connectivity index (χ0v) is 18.7. The van der Waals surface area contributed by atoms with Crippen LogP contribution in [-0.4, -0.2) is 68.2 Å². The second-order valence-electron chi connectivity index (χ2n) is 7.50. The van der Waals surface area contributed by atoms with Gasteiger partial charge in [-0.1, -0.05) is 41.9 Å². The standard InChI is InChI=1S/C21H24ClF3N2O4S/c22-20-7-6-18(12-19(20)21(23,24)25)32(29,30)27-10-8-26(9-11-27)13-17(28)15-31-14-16-4-2-1-3-5-16/h1-7,12,17,28H,8-11,13-15H2. The van der Waals surface area contributed by atoms with Gasteiger partial charge in [-0.25, -0.2) is 8.42 Å². The van der Waals surface area contributed by atoms with Crippen molar-refractivity contribution >= 4 is 21.6 Å². The predicted octanol–water partition coefficient (Wildman–Crippen LogP) is 3.24. The number of sulfonamides is 1. The van der Waals surface area contributed by atoms with Crippen LogP contribution in [0.5, 0.6) is 0 Å². The number of hydrogen-bond donors (Lipinski definition) is 1. The molecule has 2 aromatic carbocycles. The minimum Gasteiger partial charge on any atom is -0.389 e. The SMILES string of the molecule is O=S(=O)(c1ccc(Cl)c(C(F)(F)F)c1)N1CCN(CC(O)COCc2ccccc2)CC1. The zero-order valence-electron chi connectivity index (χ0n) is 17.1. The van der Waals surface area contributed by atoms with Crippen LogP contribution in [0.3, 0.4) is 0 Å². The lowest BCUT2D eigenvalue weighted by Crippen LogP contribution is -2.50. The lowest BCUT2D eigenvalue weighted by Gasteiger charge is -2.35. The molecule has 0 bridgehead atoms. The van der Waals surface area contributed by atoms with Crippen molar-refractivity contribution in [3.8, 4) is 0 Å². The largest absolute Gasteiger partial charge is 0.417 e. The van der Waals surface area contributed by atoms with E-state index >= 15 is 0 Å². The Labute approximate surface area is 190 Å². The Balaban J connectivity index is 1.51. The second-order valence-corrected chi connectivity index (χ2v) is 9.84. The topological polar surface area (TPSA) is 70.1 Å². The van der Waals surface area contributed by atoms with Crippen LogP contribution < -0.4 is 0 Å². The van der Waals surface area contributed by atoms with E-state index in [9.17, 15) is 26.7 Å². The van der Waals surface area contributed by atoms with Gasteiger partial charge in [-0.15, -0.1) is 0 Å². The van der Waals surface area contributed by atoms with Crippen LogP contribution in [0.4, 0.5) is 13.2 Å². The Morgan fingerprint density at radius 2 is 1.72 bits per heavy atom. The van der Waals surface area contributed by atoms with Crippen molar-refractivity contribution in [2.24, 2.45) is 0 Å². The van der Waals surface area contributed by atoms with Crippen molar-refractivity contribution in [2.75, 3.05) is 39.3 Å². The average molecular weight is 493 g/mol. The van der Waals surface area contributed by atoms with Crippen LogP contribution in [0, 0.1) is 0 Å². The van der Waals surface area contributed by atoms with E-state index in [2.05, 4.69) is 0 Å². The molecule has 0 amide bonds. The molecule has 6 nitrogen and oxygen atoms in total. The van der Waals surface area contributed by atoms with Gasteiger partial charge in [0.2, 0.25) is 10.0 Å². The summed E-state index contributed by atoms with van der Waals surface area (Å²) >= 11 is 5.59. The molecule has 0 saturated carbocycles. The molecular weight excluding hydrogens is 469 g/mol. The van der Waals surface area contributed by atoms with E-state index in [4.69, 9.17) is 16.3 Å². The van der Waals surface area contributed by atoms with E-state index in [1.165, 1.54) is 0 Å². The Kier molecular flexibility index (Phi) is 8.18. The van der Waals surface area contributed by atoms with Gasteiger partial charge >= 0.3 is 6.18 Å². The molecule has 176 valence electrons. The molecule has 1 aliphatic heterocycles. The monoisotopic (exact) mass is 492 g/mol. The zero-order chi connectivity index (χ0) is 23.4. The summed E-state index contributed by atoms with van der Waals surface area (Å²) in [6, 6.07) is 12.1. The first-order valence-corrected chi connectivity index (χ1v) is 11.8. The third kappa shape index (κ3) is 6.43. The molecule has 1 atom stereocenters. The van der Waals surface area contributed by atoms with Crippen molar-refractivity contribution in [1.82, 2.24) is 9.21 Å². The number of halogens is 4. The first kappa shape index (κ1) is 24.9. The number of benzene rings is 2. The molecule has 0 radical (unpaired) electrons. The van der Waals surface area contributed by atoms with Crippen LogP contribution in [0.15, 0.2) is 53.4 Å². The summed E-state index contributed by atoms with van der Waals surface area (Å²) in [5, 5.41) is 9.65. The molecule has 1 N–H and O–H groups in total. The van der Waals surface area contributed by atoms with E-state index in [-0.39, 0.29) is 19.7 Å². The van der Waals surface area contributed by atoms with Crippen molar-refractivity contribution in [2.45, 2.75) is 23.8 Å². The molecule has 0 aliphatic carbocycles. The van der Waals surface area contributed by atoms with Gasteiger partial charge < -0.3 is 9.84 Å². The fourth-order valence-electron chi connectivity index (χ4n) is 3.42. The highest BCUT2D eigenvalue weighted by Gasteiger charge is 2.36. The summed E-state index contributed by atoms with van der Waals surface area (Å²) < 4.78 is 71.5. The molecule has 32 heavy (non-hydrogen) atoms. The molecule has 2 aromatic rings. The van der Waals surface area contributed by atoms with Crippen LogP contribution in [-0.2, 0) is 27.5 Å². The smallest absolute Gasteiger partial charge is 0.389 e. The van der Waals surface area contributed by atoms with Gasteiger partial charge in [-0.3, -0.25) is 4.90 Å². The molecule has 1 heterocycles. The fraction of sp³-hybridized carbons (Fsp3) is 0.429. The maximum absolute atomic E-state index is 13.1. The normalized spacial score (nSPS) is 17.4. The first-order valence-electron chi connectivity index (χ1n) is 9.96. The Bertz CT molecular complexity index is 998. The van der Waals surface area contributed by atoms with Gasteiger partial charge in [-0.05, 0) is 23.8 Å². The fourth-order valence-corrected chi connectivity index (χ4v) is 5.10. The van der Waals surface area contributed by atoms with E-state index in [0.717, 1.165) is 22.0 Å². The molecule has 1 unspecified atom stereocenters. The van der Waals surface area contributed by atoms with Crippen molar-refractivity contribution in [1.29, 1.82) is 0 Å². The summed E-state index contributed by atoms with van der Waals surface area (Å²) in [6.07, 6.45) is -5.49. The molecule has 1 saturated heterocycles. The maximum Gasteiger partial charge on any atom is 0.417 e. The van der Waals surface area contributed by atoms with Gasteiger partial charge in [-0.2, -0.15) is 17.5 Å². The van der Waals surface area contributed by atoms with Gasteiger partial charge in [0.05, 0.1) is 34.8 Å². The van der Waals surface area contributed by atoms with Crippen molar-refractivity contribution in [3.63, 3.8) is 0 Å². The summed E-state index contributed by atoms with van der Waals surface area (Å²) in [5.41, 5.74) is -0.188. The number of aliphatic hydroxyl groups excluding tert-OH is 1. The van der Waals surface area contributed by atoms with E-state index in [1.54, 1.807) is 0 Å². The number of β-amino-alcohol motifs (C(OH)–C–C–N with tert-alkyl or cyclic N) is 1. The number of rotatable bonds is 8. The average Bonchev–Trinajstić information content (AvgIpc) is 2.74. The van der Waals surface area contributed by atoms with E-state index < -0.39 is 37.8 Å². The van der Waals surface area contributed by atoms with Gasteiger partial charge in [0.15, 0.2) is 0 Å². The number of hydrogen-bond acceptors (Lipinski definition) is 5. The molecule has 1 aliphatic rings. The minimum atomic E-state index is -4.75. The second kappa shape index (κ2) is 10.5. The van der Waals surface area contributed by atoms with Crippen LogP contribution in [0.2, 0.25) is 5.02 Å². The highest BCUT2D eigenvalue weighted by molar-refractivity contribution is 7.89. The number of ether oxygens (including phenoxy) is 1. The molecule has 1 fully saturated rings. The number of nitrogens with zero attached hydrogens (tertiary/aromatic N) is 2. The van der Waals surface area contributed by atoms with Crippen LogP contribution in [0.25, 0.3) is 0 Å². The molecule has 0 aromatic heterocycles. The van der Waals surface area contributed by atoms with Crippen LogP contribution >= 0.6 is 11.6 Å². The molecule has 11 heteroatoms. The van der Waals surface area contributed by atoms with Crippen LogP contribution in [0.1, 0.15) is 11.1 Å². The third-order valence-electron chi connectivity index (χ3n) is 5.10. The van der Waals surface area contributed by atoms with Crippen molar-refractivity contribution in [3.05, 3.63) is 64.7 Å². The summed E-state index contributed by atoms with van der Waals surface area (Å²) in [5.74, 6) is 0. The summed E-state index contributed by atoms with van der Waals surface area (Å²) in [6.45, 7) is 1.71. The van der Waals surface area contributed by atoms with Gasteiger partial charge in [0.1, 0.15) is 0 Å². The number of piperazine rings is 1. The lowest BCUT2D eigenvalue weighted by atomic mass is 10.2. The van der Waals surface area contributed by atoms with E-state index in [1.807, 2.05) is 35.2 Å². The molecule has 0 spiro atoms. The van der Waals surface area contributed by atoms with E-state index in [0.29, 0.717) is 32.3 Å². The third-order valence-corrected chi connectivity index (χ3v) is 7.33. The minimum absolute atomic E-state index is 0.101. The Morgan fingerprint density at radius 3 is 2.34 bits per heavy atom. The number of aliphatic hydroxyl groups is 1. The highest BCUT2D eigenvalue weighted by atomic mass is 35.5. The first-order chi connectivity index (χ1) is 15.1. The lowest BCUT2D eigenvalue weighted by molar-refractivity contribution is -0.137. The highest BCUT2D eigenvalue weighted by Crippen LogP contribution is 2.36. The summed E-state index contributed by atoms with van der Waals surface area (Å²) in [4.78, 5) is 1.45. The van der Waals surface area contributed by atoms with Gasteiger partial charge in [0.25, 0.3) is 0 Å². The Hall–Kier alpha value is -1.69. The quantitative estimate of drug-likeness (QED) is 0.612. The Morgan fingerprint density at radius 1 is 1.06 bits per heavy atom.